The number of benzene rings is 1. The van der Waals surface area contributed by atoms with Gasteiger partial charge in [-0.25, -0.2) is 18.9 Å². The molecule has 1 aliphatic heterocycles. The van der Waals surface area contributed by atoms with Gasteiger partial charge in [-0.05, 0) is 28.7 Å². The molecule has 1 spiro atoms. The summed E-state index contributed by atoms with van der Waals surface area (Å²) in [6.07, 6.45) is -1.66. The van der Waals surface area contributed by atoms with Crippen LogP contribution in [0.25, 0.3) is 0 Å². The molecule has 0 radical (unpaired) electrons. The number of carboxylic acid groups (broad SMARTS) is 1. The van der Waals surface area contributed by atoms with Gasteiger partial charge in [-0.15, -0.1) is 0 Å². The van der Waals surface area contributed by atoms with Gasteiger partial charge in [0, 0.05) is 10.9 Å². The number of hydrogen-bond donors (Lipinski definition) is 2. The van der Waals surface area contributed by atoms with E-state index in [4.69, 9.17) is 0 Å². The number of amides is 3. The summed E-state index contributed by atoms with van der Waals surface area (Å²) in [5, 5.41) is 12.1. The number of fused-ring (bicyclic) bond motifs is 2. The number of alkyl halides is 1. The molecule has 0 bridgehead atoms. The maximum Gasteiger partial charge on any atom is 0.327 e. The maximum absolute atomic E-state index is 14.6. The first-order valence-corrected chi connectivity index (χ1v) is 8.61. The Labute approximate surface area is 152 Å². The molecule has 0 aromatic heterocycles. The van der Waals surface area contributed by atoms with Crippen LogP contribution < -0.4 is 5.32 Å². The minimum Gasteiger partial charge on any atom is -0.480 e. The van der Waals surface area contributed by atoms with Crippen molar-refractivity contribution in [3.63, 3.8) is 0 Å². The number of carbonyl (C=O) groups is 3. The molecule has 3 amide bonds. The second-order valence-electron chi connectivity index (χ2n) is 7.52. The summed E-state index contributed by atoms with van der Waals surface area (Å²) >= 11 is 3.27. The molecule has 25 heavy (non-hydrogen) atoms. The Kier molecular flexibility index (Phi) is 3.94. The Morgan fingerprint density at radius 3 is 2.64 bits per heavy atom. The summed E-state index contributed by atoms with van der Waals surface area (Å²) < 4.78 is 15.2. The first-order chi connectivity index (χ1) is 11.5. The van der Waals surface area contributed by atoms with Crippen LogP contribution in [0.4, 0.5) is 9.18 Å². The number of carbonyl (C=O) groups excluding carboxylic acids is 2. The fraction of sp³-hybridized carbons (Fsp3) is 0.471. The van der Waals surface area contributed by atoms with Crippen molar-refractivity contribution >= 4 is 33.8 Å². The van der Waals surface area contributed by atoms with Crippen LogP contribution in [0.5, 0.6) is 0 Å². The topological polar surface area (TPSA) is 86.7 Å². The van der Waals surface area contributed by atoms with E-state index in [1.54, 1.807) is 39.0 Å². The Balaban J connectivity index is 2.11. The van der Waals surface area contributed by atoms with Crippen LogP contribution >= 0.6 is 15.9 Å². The summed E-state index contributed by atoms with van der Waals surface area (Å²) in [5.41, 5.74) is -1.72. The van der Waals surface area contributed by atoms with E-state index in [1.165, 1.54) is 0 Å². The highest BCUT2D eigenvalue weighted by Gasteiger charge is 2.61. The molecule has 134 valence electrons. The number of rotatable bonds is 2. The van der Waals surface area contributed by atoms with Gasteiger partial charge in [0.2, 0.25) is 0 Å². The quantitative estimate of drug-likeness (QED) is 0.730. The molecule has 1 saturated heterocycles. The standard InChI is InChI=1S/C17H18BrFN2O4/c1-16(2,3)12(13(22)23)21-14(24)17(20-15(21)25)7-11(19)9-6-8(18)4-5-10(9)17/h4-6,11-12H,7H2,1-3H3,(H,20,25)(H,22,23)/t11-,12?,17?/m1/s1. The zero-order chi connectivity index (χ0) is 18.7. The third-order valence-corrected chi connectivity index (χ3v) is 5.22. The normalized spacial score (nSPS) is 26.8. The Hall–Kier alpha value is -1.96. The molecule has 0 saturated carbocycles. The first kappa shape index (κ1) is 17.8. The van der Waals surface area contributed by atoms with Gasteiger partial charge in [-0.2, -0.15) is 0 Å². The molecule has 1 aliphatic carbocycles. The van der Waals surface area contributed by atoms with Crippen LogP contribution in [0.1, 0.15) is 44.5 Å². The minimum atomic E-state index is -1.55. The predicted molar refractivity (Wildman–Crippen MR) is 90.5 cm³/mol. The van der Waals surface area contributed by atoms with Crippen LogP contribution in [0.3, 0.4) is 0 Å². The molecule has 1 fully saturated rings. The van der Waals surface area contributed by atoms with Crippen LogP contribution in [-0.2, 0) is 15.1 Å². The summed E-state index contributed by atoms with van der Waals surface area (Å²) in [6, 6.07) is 2.68. The highest BCUT2D eigenvalue weighted by atomic mass is 79.9. The van der Waals surface area contributed by atoms with Crippen LogP contribution in [0.2, 0.25) is 0 Å². The molecular weight excluding hydrogens is 395 g/mol. The van der Waals surface area contributed by atoms with E-state index in [9.17, 15) is 23.9 Å². The summed E-state index contributed by atoms with van der Waals surface area (Å²) in [4.78, 5) is 38.1. The molecule has 3 rings (SSSR count). The molecule has 1 aromatic rings. The van der Waals surface area contributed by atoms with E-state index in [0.29, 0.717) is 15.6 Å². The number of nitrogens with one attached hydrogen (secondary N) is 1. The van der Waals surface area contributed by atoms with E-state index in [2.05, 4.69) is 21.2 Å². The SMILES string of the molecule is CC(C)(C)C(C(=O)O)N1C(=O)NC2(C[C@@H](F)c3cc(Br)ccc32)C1=O. The second kappa shape index (κ2) is 5.52. The van der Waals surface area contributed by atoms with E-state index in [-0.39, 0.29) is 6.42 Å². The number of carboxylic acids is 1. The molecule has 2 aliphatic rings. The molecule has 2 N–H and O–H groups in total. The lowest BCUT2D eigenvalue weighted by molar-refractivity contribution is -0.152. The highest BCUT2D eigenvalue weighted by Crippen LogP contribution is 2.49. The molecule has 8 heteroatoms. The van der Waals surface area contributed by atoms with Gasteiger partial charge in [0.1, 0.15) is 17.8 Å². The molecule has 3 atom stereocenters. The monoisotopic (exact) mass is 412 g/mol. The number of imide groups is 1. The smallest absolute Gasteiger partial charge is 0.327 e. The Bertz CT molecular complexity index is 791. The summed E-state index contributed by atoms with van der Waals surface area (Å²) in [5.74, 6) is -2.00. The lowest BCUT2D eigenvalue weighted by Crippen LogP contribution is -2.53. The zero-order valence-corrected chi connectivity index (χ0v) is 15.6. The van der Waals surface area contributed by atoms with Crippen molar-refractivity contribution in [2.75, 3.05) is 0 Å². The van der Waals surface area contributed by atoms with Crippen LogP contribution in [0, 0.1) is 5.41 Å². The second-order valence-corrected chi connectivity index (χ2v) is 8.44. The van der Waals surface area contributed by atoms with Gasteiger partial charge >= 0.3 is 12.0 Å². The number of aliphatic carboxylic acids is 1. The van der Waals surface area contributed by atoms with Crippen molar-refractivity contribution in [3.05, 3.63) is 33.8 Å². The number of halogens is 2. The molecule has 2 unspecified atom stereocenters. The van der Waals surface area contributed by atoms with Crippen molar-refractivity contribution in [3.8, 4) is 0 Å². The fourth-order valence-corrected chi connectivity index (χ4v) is 4.07. The lowest BCUT2D eigenvalue weighted by atomic mass is 9.84. The van der Waals surface area contributed by atoms with E-state index < -0.39 is 41.1 Å². The third kappa shape index (κ3) is 2.54. The molecular formula is C17H18BrFN2O4. The minimum absolute atomic E-state index is 0.240. The Morgan fingerprint density at radius 2 is 2.08 bits per heavy atom. The number of urea groups is 1. The Morgan fingerprint density at radius 1 is 1.44 bits per heavy atom. The van der Waals surface area contributed by atoms with E-state index in [1.807, 2.05) is 0 Å². The fourth-order valence-electron chi connectivity index (χ4n) is 3.69. The largest absolute Gasteiger partial charge is 0.480 e. The number of nitrogens with zero attached hydrogens (tertiary/aromatic N) is 1. The van der Waals surface area contributed by atoms with Crippen molar-refractivity contribution in [1.29, 1.82) is 0 Å². The predicted octanol–water partition coefficient (Wildman–Crippen LogP) is 3.11. The zero-order valence-electron chi connectivity index (χ0n) is 14.0. The van der Waals surface area contributed by atoms with Gasteiger partial charge < -0.3 is 10.4 Å². The van der Waals surface area contributed by atoms with Crippen molar-refractivity contribution in [1.82, 2.24) is 10.2 Å². The molecule has 6 nitrogen and oxygen atoms in total. The van der Waals surface area contributed by atoms with Gasteiger partial charge in [-0.1, -0.05) is 42.8 Å². The van der Waals surface area contributed by atoms with Gasteiger partial charge in [-0.3, -0.25) is 4.79 Å². The average molecular weight is 413 g/mol. The van der Waals surface area contributed by atoms with E-state index >= 15 is 0 Å². The van der Waals surface area contributed by atoms with Crippen LogP contribution in [0.15, 0.2) is 22.7 Å². The van der Waals surface area contributed by atoms with Crippen molar-refractivity contribution < 1.29 is 23.9 Å². The van der Waals surface area contributed by atoms with Crippen molar-refractivity contribution in [2.24, 2.45) is 5.41 Å². The molecule has 1 heterocycles. The third-order valence-electron chi connectivity index (χ3n) is 4.73. The number of hydrogen-bond acceptors (Lipinski definition) is 3. The maximum atomic E-state index is 14.6. The van der Waals surface area contributed by atoms with Crippen LogP contribution in [-0.4, -0.2) is 34.0 Å². The van der Waals surface area contributed by atoms with Gasteiger partial charge in [0.25, 0.3) is 5.91 Å². The molecule has 1 aromatic carbocycles. The average Bonchev–Trinajstić information content (AvgIpc) is 2.87. The highest BCUT2D eigenvalue weighted by molar-refractivity contribution is 9.10. The van der Waals surface area contributed by atoms with Crippen molar-refractivity contribution in [2.45, 2.75) is 44.9 Å². The van der Waals surface area contributed by atoms with Gasteiger partial charge in [0.05, 0.1) is 0 Å². The first-order valence-electron chi connectivity index (χ1n) is 7.81. The summed E-state index contributed by atoms with van der Waals surface area (Å²) in [7, 11) is 0. The van der Waals surface area contributed by atoms with E-state index in [0.717, 1.165) is 4.90 Å². The lowest BCUT2D eigenvalue weighted by Gasteiger charge is -2.33. The van der Waals surface area contributed by atoms with Gasteiger partial charge in [0.15, 0.2) is 0 Å². The summed E-state index contributed by atoms with van der Waals surface area (Å²) in [6.45, 7) is 4.90.